The standard InChI is InChI=1S/C21H18ClF2N3O2/c22-12-9-15-14(5-6-18(28)26-17-7-8-25-21(17)29)19(27-20(15)16(24)10-12)11-1-3-13(23)4-2-11/h1-4,9-10,17,27H,5-8H2,(H,25,29)(H,26,28)/t17-/m1/s1. The van der Waals surface area contributed by atoms with Crippen molar-refractivity contribution in [3.05, 3.63) is 58.6 Å². The van der Waals surface area contributed by atoms with Crippen molar-refractivity contribution >= 4 is 34.3 Å². The molecule has 3 aromatic rings. The highest BCUT2D eigenvalue weighted by Crippen LogP contribution is 2.34. The first-order valence-corrected chi connectivity index (χ1v) is 9.63. The van der Waals surface area contributed by atoms with Crippen molar-refractivity contribution in [1.29, 1.82) is 0 Å². The van der Waals surface area contributed by atoms with Crippen LogP contribution < -0.4 is 10.6 Å². The van der Waals surface area contributed by atoms with E-state index < -0.39 is 11.9 Å². The van der Waals surface area contributed by atoms with E-state index in [1.807, 2.05) is 0 Å². The molecule has 3 N–H and O–H groups in total. The minimum atomic E-state index is -0.520. The topological polar surface area (TPSA) is 74.0 Å². The minimum Gasteiger partial charge on any atom is -0.354 e. The molecule has 0 unspecified atom stereocenters. The maximum atomic E-state index is 14.4. The van der Waals surface area contributed by atoms with Crippen LogP contribution in [0, 0.1) is 11.6 Å². The molecule has 0 aliphatic carbocycles. The number of aryl methyl sites for hydroxylation is 1. The Balaban J connectivity index is 1.65. The van der Waals surface area contributed by atoms with Gasteiger partial charge in [-0.05, 0) is 60.4 Å². The van der Waals surface area contributed by atoms with Gasteiger partial charge in [0.15, 0.2) is 0 Å². The second-order valence-corrected chi connectivity index (χ2v) is 7.43. The number of fused-ring (bicyclic) bond motifs is 1. The first-order chi connectivity index (χ1) is 13.9. The Kier molecular flexibility index (Phi) is 5.24. The van der Waals surface area contributed by atoms with Crippen molar-refractivity contribution in [2.24, 2.45) is 0 Å². The smallest absolute Gasteiger partial charge is 0.242 e. The first-order valence-electron chi connectivity index (χ1n) is 9.25. The number of aromatic amines is 1. The van der Waals surface area contributed by atoms with Crippen LogP contribution in [0.1, 0.15) is 18.4 Å². The molecular weight excluding hydrogens is 400 g/mol. The quantitative estimate of drug-likeness (QED) is 0.592. The van der Waals surface area contributed by atoms with Gasteiger partial charge in [-0.3, -0.25) is 9.59 Å². The summed E-state index contributed by atoms with van der Waals surface area (Å²) in [6.07, 6.45) is 0.963. The van der Waals surface area contributed by atoms with Crippen LogP contribution in [0.15, 0.2) is 36.4 Å². The van der Waals surface area contributed by atoms with Crippen LogP contribution in [0.4, 0.5) is 8.78 Å². The van der Waals surface area contributed by atoms with E-state index in [0.717, 1.165) is 0 Å². The Morgan fingerprint density at radius 2 is 1.97 bits per heavy atom. The second-order valence-electron chi connectivity index (χ2n) is 7.00. The van der Waals surface area contributed by atoms with E-state index in [1.54, 1.807) is 18.2 Å². The van der Waals surface area contributed by atoms with E-state index in [0.29, 0.717) is 41.6 Å². The third kappa shape index (κ3) is 3.96. The largest absolute Gasteiger partial charge is 0.354 e. The summed E-state index contributed by atoms with van der Waals surface area (Å²) >= 11 is 6.04. The molecule has 1 fully saturated rings. The number of benzene rings is 2. The molecule has 2 aromatic carbocycles. The van der Waals surface area contributed by atoms with Gasteiger partial charge >= 0.3 is 0 Å². The van der Waals surface area contributed by atoms with Gasteiger partial charge in [0.05, 0.1) is 5.52 Å². The van der Waals surface area contributed by atoms with Gasteiger partial charge in [-0.2, -0.15) is 0 Å². The molecule has 5 nitrogen and oxygen atoms in total. The van der Waals surface area contributed by atoms with E-state index in [2.05, 4.69) is 15.6 Å². The van der Waals surface area contributed by atoms with Crippen molar-refractivity contribution in [2.45, 2.75) is 25.3 Å². The van der Waals surface area contributed by atoms with Gasteiger partial charge in [-0.15, -0.1) is 0 Å². The van der Waals surface area contributed by atoms with Gasteiger partial charge in [0.2, 0.25) is 11.8 Å². The Labute approximate surface area is 170 Å². The molecule has 1 aromatic heterocycles. The molecule has 0 bridgehead atoms. The van der Waals surface area contributed by atoms with E-state index >= 15 is 0 Å². The molecule has 150 valence electrons. The molecule has 0 spiro atoms. The molecule has 1 saturated heterocycles. The monoisotopic (exact) mass is 417 g/mol. The van der Waals surface area contributed by atoms with Gasteiger partial charge < -0.3 is 15.6 Å². The van der Waals surface area contributed by atoms with Gasteiger partial charge in [0.1, 0.15) is 17.7 Å². The number of carbonyl (C=O) groups excluding carboxylic acids is 2. The Bertz CT molecular complexity index is 1100. The predicted molar refractivity (Wildman–Crippen MR) is 107 cm³/mol. The lowest BCUT2D eigenvalue weighted by atomic mass is 10.0. The van der Waals surface area contributed by atoms with E-state index in [1.165, 1.54) is 18.2 Å². The normalized spacial score (nSPS) is 16.2. The molecule has 8 heteroatoms. The number of aromatic nitrogens is 1. The Hall–Kier alpha value is -2.93. The lowest BCUT2D eigenvalue weighted by Crippen LogP contribution is -2.40. The summed E-state index contributed by atoms with van der Waals surface area (Å²) in [7, 11) is 0. The highest BCUT2D eigenvalue weighted by atomic mass is 35.5. The third-order valence-corrected chi connectivity index (χ3v) is 5.27. The SMILES string of the molecule is O=C(CCc1c(-c2ccc(F)cc2)[nH]c2c(F)cc(Cl)cc12)N[C@@H]1CCNC1=O. The van der Waals surface area contributed by atoms with E-state index in [9.17, 15) is 18.4 Å². The molecule has 0 radical (unpaired) electrons. The van der Waals surface area contributed by atoms with Gasteiger partial charge in [-0.25, -0.2) is 8.78 Å². The fraction of sp³-hybridized carbons (Fsp3) is 0.238. The molecular formula is C21H18ClF2N3O2. The number of halogens is 3. The van der Waals surface area contributed by atoms with Gasteiger partial charge in [0, 0.05) is 29.1 Å². The highest BCUT2D eigenvalue weighted by molar-refractivity contribution is 6.31. The molecule has 4 rings (SSSR count). The van der Waals surface area contributed by atoms with E-state index in [4.69, 9.17) is 11.6 Å². The van der Waals surface area contributed by atoms with Gasteiger partial charge in [0.25, 0.3) is 0 Å². The van der Waals surface area contributed by atoms with E-state index in [-0.39, 0.29) is 34.6 Å². The molecule has 2 heterocycles. The van der Waals surface area contributed by atoms with Crippen LogP contribution in [0.3, 0.4) is 0 Å². The molecule has 1 aliphatic rings. The number of amides is 2. The zero-order chi connectivity index (χ0) is 20.5. The fourth-order valence-electron chi connectivity index (χ4n) is 3.63. The van der Waals surface area contributed by atoms with Crippen molar-refractivity contribution in [3.63, 3.8) is 0 Å². The van der Waals surface area contributed by atoms with Crippen LogP contribution in [0.25, 0.3) is 22.2 Å². The summed E-state index contributed by atoms with van der Waals surface area (Å²) in [6, 6.07) is 8.15. The summed E-state index contributed by atoms with van der Waals surface area (Å²) in [4.78, 5) is 27.0. The number of hydrogen-bond acceptors (Lipinski definition) is 2. The van der Waals surface area contributed by atoms with Crippen LogP contribution in [-0.4, -0.2) is 29.4 Å². The summed E-state index contributed by atoms with van der Waals surface area (Å²) in [6.45, 7) is 0.540. The van der Waals surface area contributed by atoms with Crippen LogP contribution in [0.2, 0.25) is 5.02 Å². The lowest BCUT2D eigenvalue weighted by Gasteiger charge is -2.10. The number of carbonyl (C=O) groups is 2. The maximum absolute atomic E-state index is 14.4. The van der Waals surface area contributed by atoms with Crippen LogP contribution in [0.5, 0.6) is 0 Å². The molecule has 29 heavy (non-hydrogen) atoms. The summed E-state index contributed by atoms with van der Waals surface area (Å²) in [5.41, 5.74) is 2.26. The molecule has 1 atom stereocenters. The molecule has 2 amide bonds. The average Bonchev–Trinajstić information content (AvgIpc) is 3.24. The van der Waals surface area contributed by atoms with Crippen molar-refractivity contribution < 1.29 is 18.4 Å². The minimum absolute atomic E-state index is 0.110. The zero-order valence-corrected chi connectivity index (χ0v) is 16.1. The maximum Gasteiger partial charge on any atom is 0.242 e. The lowest BCUT2D eigenvalue weighted by molar-refractivity contribution is -0.127. The Morgan fingerprint density at radius 1 is 1.21 bits per heavy atom. The molecule has 0 saturated carbocycles. The number of H-pyrrole nitrogens is 1. The van der Waals surface area contributed by atoms with Crippen LogP contribution in [-0.2, 0) is 16.0 Å². The second kappa shape index (κ2) is 7.83. The van der Waals surface area contributed by atoms with Crippen LogP contribution >= 0.6 is 11.6 Å². The number of hydrogen-bond donors (Lipinski definition) is 3. The highest BCUT2D eigenvalue weighted by Gasteiger charge is 2.25. The fourth-order valence-corrected chi connectivity index (χ4v) is 3.84. The number of rotatable bonds is 5. The van der Waals surface area contributed by atoms with Crippen molar-refractivity contribution in [1.82, 2.24) is 15.6 Å². The van der Waals surface area contributed by atoms with Crippen molar-refractivity contribution in [3.8, 4) is 11.3 Å². The van der Waals surface area contributed by atoms with Crippen molar-refractivity contribution in [2.75, 3.05) is 6.54 Å². The number of nitrogens with one attached hydrogen (secondary N) is 3. The van der Waals surface area contributed by atoms with Gasteiger partial charge in [-0.1, -0.05) is 11.6 Å². The third-order valence-electron chi connectivity index (χ3n) is 5.05. The molecule has 1 aliphatic heterocycles. The Morgan fingerprint density at radius 3 is 2.66 bits per heavy atom. The zero-order valence-electron chi connectivity index (χ0n) is 15.3. The summed E-state index contributed by atoms with van der Waals surface area (Å²) in [5.74, 6) is -1.34. The average molecular weight is 418 g/mol. The first kappa shape index (κ1) is 19.4. The predicted octanol–water partition coefficient (Wildman–Crippen LogP) is 3.70. The summed E-state index contributed by atoms with van der Waals surface area (Å²) < 4.78 is 27.8. The summed E-state index contributed by atoms with van der Waals surface area (Å²) in [5, 5.41) is 6.20.